The first-order valence-electron chi connectivity index (χ1n) is 3.72. The Hall–Kier alpha value is -0.410. The summed E-state index contributed by atoms with van der Waals surface area (Å²) in [5.74, 6) is 0.0388. The van der Waals surface area contributed by atoms with Gasteiger partial charge in [-0.1, -0.05) is 0 Å². The molecule has 0 aromatic heterocycles. The standard InChI is InChI=1S/C8H17NO2/c1-6(9)7(10)5-8(2,3)11-4/h6H,5,9H2,1-4H3. The molecule has 66 valence electrons. The van der Waals surface area contributed by atoms with Crippen LogP contribution in [0.3, 0.4) is 0 Å². The molecule has 0 radical (unpaired) electrons. The maximum absolute atomic E-state index is 11.1. The predicted molar refractivity (Wildman–Crippen MR) is 44.4 cm³/mol. The zero-order valence-corrected chi connectivity index (χ0v) is 7.68. The molecule has 0 amide bonds. The molecule has 0 aromatic rings. The number of rotatable bonds is 4. The Labute approximate surface area is 67.9 Å². The second-order valence-electron chi connectivity index (χ2n) is 3.40. The number of nitrogens with two attached hydrogens (primary N) is 1. The van der Waals surface area contributed by atoms with Gasteiger partial charge in [0.2, 0.25) is 0 Å². The molecule has 0 fully saturated rings. The molecule has 0 saturated heterocycles. The fourth-order valence-corrected chi connectivity index (χ4v) is 0.653. The Kier molecular flexibility index (Phi) is 3.69. The molecule has 1 unspecified atom stereocenters. The van der Waals surface area contributed by atoms with E-state index in [2.05, 4.69) is 0 Å². The van der Waals surface area contributed by atoms with Gasteiger partial charge in [0.25, 0.3) is 0 Å². The van der Waals surface area contributed by atoms with E-state index in [1.807, 2.05) is 13.8 Å². The van der Waals surface area contributed by atoms with Gasteiger partial charge in [0.15, 0.2) is 5.78 Å². The molecule has 0 spiro atoms. The van der Waals surface area contributed by atoms with Crippen molar-refractivity contribution in [3.63, 3.8) is 0 Å². The zero-order chi connectivity index (χ0) is 9.07. The summed E-state index contributed by atoms with van der Waals surface area (Å²) in [6.45, 7) is 5.43. The molecule has 0 aliphatic carbocycles. The number of Topliss-reactive ketones (excluding diaryl/α,β-unsaturated/α-hetero) is 1. The summed E-state index contributed by atoms with van der Waals surface area (Å²) in [6.07, 6.45) is 0.376. The molecular weight excluding hydrogens is 142 g/mol. The fraction of sp³-hybridized carbons (Fsp3) is 0.875. The third-order valence-corrected chi connectivity index (χ3v) is 1.66. The van der Waals surface area contributed by atoms with Crippen LogP contribution in [-0.4, -0.2) is 24.5 Å². The number of methoxy groups -OCH3 is 1. The van der Waals surface area contributed by atoms with Gasteiger partial charge in [0.1, 0.15) is 0 Å². The van der Waals surface area contributed by atoms with Gasteiger partial charge in [-0.2, -0.15) is 0 Å². The predicted octanol–water partition coefficient (Wildman–Crippen LogP) is 0.718. The van der Waals surface area contributed by atoms with Crippen LogP contribution in [0, 0.1) is 0 Å². The molecule has 0 heterocycles. The normalized spacial score (nSPS) is 14.6. The van der Waals surface area contributed by atoms with E-state index in [4.69, 9.17) is 10.5 Å². The smallest absolute Gasteiger partial charge is 0.152 e. The van der Waals surface area contributed by atoms with Gasteiger partial charge in [-0.05, 0) is 20.8 Å². The molecule has 3 heteroatoms. The molecular formula is C8H17NO2. The number of ether oxygens (including phenoxy) is 1. The van der Waals surface area contributed by atoms with Crippen molar-refractivity contribution in [1.82, 2.24) is 0 Å². The molecule has 0 aliphatic rings. The Morgan fingerprint density at radius 1 is 1.64 bits per heavy atom. The SMILES string of the molecule is COC(C)(C)CC(=O)C(C)N. The van der Waals surface area contributed by atoms with E-state index >= 15 is 0 Å². The van der Waals surface area contributed by atoms with Gasteiger partial charge in [-0.25, -0.2) is 0 Å². The monoisotopic (exact) mass is 159 g/mol. The molecule has 0 saturated carbocycles. The van der Waals surface area contributed by atoms with E-state index in [1.54, 1.807) is 14.0 Å². The highest BCUT2D eigenvalue weighted by molar-refractivity contribution is 5.84. The maximum Gasteiger partial charge on any atom is 0.152 e. The van der Waals surface area contributed by atoms with Crippen LogP contribution in [0.4, 0.5) is 0 Å². The van der Waals surface area contributed by atoms with Crippen molar-refractivity contribution >= 4 is 5.78 Å². The number of hydrogen-bond acceptors (Lipinski definition) is 3. The molecule has 1 atom stereocenters. The molecule has 2 N–H and O–H groups in total. The summed E-state index contributed by atoms with van der Waals surface area (Å²) in [5, 5.41) is 0. The minimum atomic E-state index is -0.385. The van der Waals surface area contributed by atoms with Crippen LogP contribution >= 0.6 is 0 Å². The quantitative estimate of drug-likeness (QED) is 0.657. The van der Waals surface area contributed by atoms with E-state index in [1.165, 1.54) is 0 Å². The minimum absolute atomic E-state index is 0.0388. The van der Waals surface area contributed by atoms with E-state index < -0.39 is 0 Å². The number of ketones is 1. The van der Waals surface area contributed by atoms with Gasteiger partial charge in [0, 0.05) is 13.5 Å². The van der Waals surface area contributed by atoms with Gasteiger partial charge in [0.05, 0.1) is 11.6 Å². The van der Waals surface area contributed by atoms with Crippen molar-refractivity contribution in [2.24, 2.45) is 5.73 Å². The molecule has 0 rings (SSSR count). The van der Waals surface area contributed by atoms with Crippen LogP contribution in [0.2, 0.25) is 0 Å². The van der Waals surface area contributed by atoms with Crippen LogP contribution < -0.4 is 5.73 Å². The second kappa shape index (κ2) is 3.83. The molecule has 3 nitrogen and oxygen atoms in total. The number of carbonyl (C=O) groups is 1. The number of hydrogen-bond donors (Lipinski definition) is 1. The second-order valence-corrected chi connectivity index (χ2v) is 3.40. The van der Waals surface area contributed by atoms with Crippen molar-refractivity contribution in [3.05, 3.63) is 0 Å². The first-order valence-corrected chi connectivity index (χ1v) is 3.72. The summed E-state index contributed by atoms with van der Waals surface area (Å²) in [5.41, 5.74) is 5.01. The highest BCUT2D eigenvalue weighted by atomic mass is 16.5. The molecule has 11 heavy (non-hydrogen) atoms. The molecule has 0 bridgehead atoms. The van der Waals surface area contributed by atoms with Crippen molar-refractivity contribution in [2.45, 2.75) is 38.8 Å². The van der Waals surface area contributed by atoms with Crippen LogP contribution in [0.5, 0.6) is 0 Å². The Bertz CT molecular complexity index is 141. The van der Waals surface area contributed by atoms with Crippen LogP contribution in [0.1, 0.15) is 27.2 Å². The van der Waals surface area contributed by atoms with Gasteiger partial charge >= 0.3 is 0 Å². The highest BCUT2D eigenvalue weighted by Crippen LogP contribution is 2.13. The van der Waals surface area contributed by atoms with Gasteiger partial charge in [-0.3, -0.25) is 4.79 Å². The maximum atomic E-state index is 11.1. The van der Waals surface area contributed by atoms with Crippen molar-refractivity contribution in [1.29, 1.82) is 0 Å². The summed E-state index contributed by atoms with van der Waals surface area (Å²) in [4.78, 5) is 11.1. The summed E-state index contributed by atoms with van der Waals surface area (Å²) in [6, 6.07) is -0.385. The highest BCUT2D eigenvalue weighted by Gasteiger charge is 2.22. The van der Waals surface area contributed by atoms with E-state index in [-0.39, 0.29) is 17.4 Å². The third kappa shape index (κ3) is 4.11. The lowest BCUT2D eigenvalue weighted by Crippen LogP contribution is -2.34. The fourth-order valence-electron chi connectivity index (χ4n) is 0.653. The molecule has 0 aliphatic heterocycles. The van der Waals surface area contributed by atoms with E-state index in [0.29, 0.717) is 6.42 Å². The summed E-state index contributed by atoms with van der Waals surface area (Å²) >= 11 is 0. The van der Waals surface area contributed by atoms with Crippen LogP contribution in [0.15, 0.2) is 0 Å². The Balaban J connectivity index is 3.94. The first kappa shape index (κ1) is 10.6. The topological polar surface area (TPSA) is 52.3 Å². The van der Waals surface area contributed by atoms with E-state index in [0.717, 1.165) is 0 Å². The van der Waals surface area contributed by atoms with Crippen LogP contribution in [0.25, 0.3) is 0 Å². The summed E-state index contributed by atoms with van der Waals surface area (Å²) < 4.78 is 5.08. The van der Waals surface area contributed by atoms with Gasteiger partial charge < -0.3 is 10.5 Å². The zero-order valence-electron chi connectivity index (χ0n) is 7.68. The third-order valence-electron chi connectivity index (χ3n) is 1.66. The molecule has 0 aromatic carbocycles. The van der Waals surface area contributed by atoms with E-state index in [9.17, 15) is 4.79 Å². The largest absolute Gasteiger partial charge is 0.378 e. The number of carbonyl (C=O) groups excluding carboxylic acids is 1. The average Bonchev–Trinajstić information content (AvgIpc) is 1.87. The minimum Gasteiger partial charge on any atom is -0.378 e. The lowest BCUT2D eigenvalue weighted by molar-refractivity contribution is -0.124. The average molecular weight is 159 g/mol. The van der Waals surface area contributed by atoms with Crippen LogP contribution in [-0.2, 0) is 9.53 Å². The van der Waals surface area contributed by atoms with Crippen molar-refractivity contribution in [2.75, 3.05) is 7.11 Å². The van der Waals surface area contributed by atoms with Crippen molar-refractivity contribution < 1.29 is 9.53 Å². The first-order chi connectivity index (χ1) is 4.89. The Morgan fingerprint density at radius 3 is 2.36 bits per heavy atom. The lowest BCUT2D eigenvalue weighted by atomic mass is 9.99. The summed E-state index contributed by atoms with van der Waals surface area (Å²) in [7, 11) is 1.59. The Morgan fingerprint density at radius 2 is 2.09 bits per heavy atom. The van der Waals surface area contributed by atoms with Gasteiger partial charge in [-0.15, -0.1) is 0 Å². The lowest BCUT2D eigenvalue weighted by Gasteiger charge is -2.22. The van der Waals surface area contributed by atoms with Crippen molar-refractivity contribution in [3.8, 4) is 0 Å².